The quantitative estimate of drug-likeness (QED) is 0.385. The predicted molar refractivity (Wildman–Crippen MR) is 99.6 cm³/mol. The van der Waals surface area contributed by atoms with E-state index in [2.05, 4.69) is 10.2 Å². The van der Waals surface area contributed by atoms with Crippen molar-refractivity contribution in [2.75, 3.05) is 5.73 Å². The van der Waals surface area contributed by atoms with E-state index in [1.807, 2.05) is 0 Å². The first kappa shape index (κ1) is 19.9. The van der Waals surface area contributed by atoms with Crippen LogP contribution >= 0.6 is 0 Å². The summed E-state index contributed by atoms with van der Waals surface area (Å²) in [6, 6.07) is 10.4. The van der Waals surface area contributed by atoms with Crippen LogP contribution in [0.5, 0.6) is 0 Å². The fourth-order valence-electron chi connectivity index (χ4n) is 2.69. The van der Waals surface area contributed by atoms with Gasteiger partial charge in [0, 0.05) is 16.5 Å². The standard InChI is InChI=1S/C17H15N3O6S2/c1-10-7-11(18)5-6-15(10)20-19-12-8-14-13(17(9-12)28(24,25)26)3-2-4-16(14)27(21,22)23/h2-9H,18H2,1H3,(H,21,22,23)(H,24,25,26)/p-2. The fraction of sp³-hybridized carbons (Fsp3) is 0.0588. The minimum Gasteiger partial charge on any atom is -0.744 e. The van der Waals surface area contributed by atoms with Gasteiger partial charge >= 0.3 is 0 Å². The van der Waals surface area contributed by atoms with E-state index in [1.54, 1.807) is 25.1 Å². The molecule has 0 aliphatic rings. The normalized spacial score (nSPS) is 12.7. The van der Waals surface area contributed by atoms with E-state index in [4.69, 9.17) is 5.73 Å². The maximum atomic E-state index is 11.7. The maximum Gasteiger partial charge on any atom is 0.125 e. The van der Waals surface area contributed by atoms with Crippen LogP contribution in [-0.2, 0) is 20.2 Å². The lowest BCUT2D eigenvalue weighted by Crippen LogP contribution is -2.03. The summed E-state index contributed by atoms with van der Waals surface area (Å²) < 4.78 is 69.5. The molecule has 146 valence electrons. The highest BCUT2D eigenvalue weighted by Gasteiger charge is 2.15. The first-order valence-electron chi connectivity index (χ1n) is 7.73. The zero-order valence-electron chi connectivity index (χ0n) is 14.4. The zero-order chi connectivity index (χ0) is 20.7. The number of hydrogen-bond acceptors (Lipinski definition) is 9. The van der Waals surface area contributed by atoms with E-state index >= 15 is 0 Å². The van der Waals surface area contributed by atoms with Gasteiger partial charge in [-0.15, -0.1) is 0 Å². The molecular weight excluding hydrogens is 406 g/mol. The molecule has 0 amide bonds. The van der Waals surface area contributed by atoms with E-state index in [9.17, 15) is 25.9 Å². The Hall–Kier alpha value is -2.86. The van der Waals surface area contributed by atoms with Crippen LogP contribution in [0.3, 0.4) is 0 Å². The topological polar surface area (TPSA) is 165 Å². The van der Waals surface area contributed by atoms with Gasteiger partial charge in [-0.1, -0.05) is 12.1 Å². The molecule has 0 spiro atoms. The molecule has 2 N–H and O–H groups in total. The molecule has 0 radical (unpaired) electrons. The summed E-state index contributed by atoms with van der Waals surface area (Å²) in [6.07, 6.45) is 0. The minimum atomic E-state index is -4.98. The van der Waals surface area contributed by atoms with E-state index in [-0.39, 0.29) is 16.5 Å². The molecule has 3 rings (SSSR count). The van der Waals surface area contributed by atoms with Gasteiger partial charge in [0.2, 0.25) is 0 Å². The number of azo groups is 1. The van der Waals surface area contributed by atoms with Gasteiger partial charge in [-0.3, -0.25) is 0 Å². The van der Waals surface area contributed by atoms with Crippen LogP contribution < -0.4 is 5.73 Å². The van der Waals surface area contributed by atoms with E-state index in [1.165, 1.54) is 18.2 Å². The molecule has 0 aromatic heterocycles. The maximum absolute atomic E-state index is 11.7. The zero-order valence-corrected chi connectivity index (χ0v) is 16.0. The second kappa shape index (κ2) is 6.95. The average molecular weight is 419 g/mol. The lowest BCUT2D eigenvalue weighted by atomic mass is 10.1. The number of nitrogens with zero attached hydrogens (tertiary/aromatic N) is 2. The van der Waals surface area contributed by atoms with Crippen molar-refractivity contribution < 1.29 is 25.9 Å². The van der Waals surface area contributed by atoms with Crippen LogP contribution in [0.4, 0.5) is 17.1 Å². The number of benzene rings is 3. The Morgan fingerprint density at radius 1 is 0.821 bits per heavy atom. The third-order valence-electron chi connectivity index (χ3n) is 3.94. The molecule has 0 aliphatic carbocycles. The SMILES string of the molecule is Cc1cc(N)ccc1N=Nc1cc(S(=O)(=O)[O-])c2cccc(S(=O)(=O)[O-])c2c1. The van der Waals surface area contributed by atoms with Crippen molar-refractivity contribution in [3.05, 3.63) is 54.1 Å². The summed E-state index contributed by atoms with van der Waals surface area (Å²) >= 11 is 0. The Morgan fingerprint density at radius 2 is 1.50 bits per heavy atom. The molecule has 0 bridgehead atoms. The van der Waals surface area contributed by atoms with E-state index < -0.39 is 30.0 Å². The van der Waals surface area contributed by atoms with Gasteiger partial charge in [-0.25, -0.2) is 16.8 Å². The number of nitrogen functional groups attached to an aromatic ring is 1. The molecule has 11 heteroatoms. The number of nitrogens with two attached hydrogens (primary N) is 1. The predicted octanol–water partition coefficient (Wildman–Crippen LogP) is 2.95. The molecule has 0 unspecified atom stereocenters. The van der Waals surface area contributed by atoms with Crippen molar-refractivity contribution in [2.24, 2.45) is 10.2 Å². The molecular formula is C17H13N3O6S2-2. The van der Waals surface area contributed by atoms with Crippen LogP contribution in [0, 0.1) is 6.92 Å². The Balaban J connectivity index is 2.28. The lowest BCUT2D eigenvalue weighted by Gasteiger charge is -2.15. The van der Waals surface area contributed by atoms with Gasteiger partial charge in [0.25, 0.3) is 0 Å². The van der Waals surface area contributed by atoms with E-state index in [0.717, 1.165) is 12.1 Å². The summed E-state index contributed by atoms with van der Waals surface area (Å²) in [4.78, 5) is -1.35. The number of rotatable bonds is 4. The molecule has 3 aromatic rings. The van der Waals surface area contributed by atoms with Crippen molar-refractivity contribution in [1.82, 2.24) is 0 Å². The van der Waals surface area contributed by atoms with Crippen LogP contribution in [0.1, 0.15) is 5.56 Å². The summed E-state index contributed by atoms with van der Waals surface area (Å²) in [5.41, 5.74) is 7.21. The van der Waals surface area contributed by atoms with Crippen molar-refractivity contribution >= 4 is 48.1 Å². The lowest BCUT2D eigenvalue weighted by molar-refractivity contribution is 0.461. The van der Waals surface area contributed by atoms with Crippen LogP contribution in [-0.4, -0.2) is 25.9 Å². The molecule has 0 fully saturated rings. The number of hydrogen-bond donors (Lipinski definition) is 1. The number of anilines is 1. The third-order valence-corrected chi connectivity index (χ3v) is 5.71. The molecule has 0 saturated heterocycles. The van der Waals surface area contributed by atoms with Gasteiger partial charge in [0.15, 0.2) is 0 Å². The Morgan fingerprint density at radius 3 is 2.11 bits per heavy atom. The first-order valence-corrected chi connectivity index (χ1v) is 10.5. The summed E-state index contributed by atoms with van der Waals surface area (Å²) in [7, 11) is -9.90. The van der Waals surface area contributed by atoms with Gasteiger partial charge < -0.3 is 14.8 Å². The van der Waals surface area contributed by atoms with Crippen molar-refractivity contribution in [2.45, 2.75) is 16.7 Å². The molecule has 9 nitrogen and oxygen atoms in total. The van der Waals surface area contributed by atoms with Crippen LogP contribution in [0.15, 0.2) is 68.6 Å². The highest BCUT2D eigenvalue weighted by molar-refractivity contribution is 7.86. The van der Waals surface area contributed by atoms with Crippen LogP contribution in [0.25, 0.3) is 10.8 Å². The minimum absolute atomic E-state index is 0.103. The molecule has 0 heterocycles. The van der Waals surface area contributed by atoms with Gasteiger partial charge in [0.1, 0.15) is 20.2 Å². The summed E-state index contributed by atoms with van der Waals surface area (Å²) in [6.45, 7) is 1.74. The Bertz CT molecular complexity index is 1330. The van der Waals surface area contributed by atoms with Gasteiger partial charge in [-0.2, -0.15) is 10.2 Å². The second-order valence-corrected chi connectivity index (χ2v) is 8.65. The molecule has 0 saturated carbocycles. The monoisotopic (exact) mass is 419 g/mol. The second-order valence-electron chi connectivity index (χ2n) is 5.95. The smallest absolute Gasteiger partial charge is 0.125 e. The highest BCUT2D eigenvalue weighted by Crippen LogP contribution is 2.34. The fourth-order valence-corrected chi connectivity index (χ4v) is 4.09. The molecule has 0 aliphatic heterocycles. The van der Waals surface area contributed by atoms with E-state index in [0.29, 0.717) is 16.9 Å². The van der Waals surface area contributed by atoms with Gasteiger partial charge in [-0.05, 0) is 48.9 Å². The summed E-state index contributed by atoms with van der Waals surface area (Å²) in [5, 5.41) is 7.47. The highest BCUT2D eigenvalue weighted by atomic mass is 32.2. The third kappa shape index (κ3) is 4.02. The van der Waals surface area contributed by atoms with Crippen LogP contribution in [0.2, 0.25) is 0 Å². The number of fused-ring (bicyclic) bond motifs is 1. The number of aryl methyl sites for hydroxylation is 1. The Labute approximate surface area is 161 Å². The Kier molecular flexibility index (Phi) is 4.93. The first-order chi connectivity index (χ1) is 13.0. The van der Waals surface area contributed by atoms with Crippen molar-refractivity contribution in [3.8, 4) is 0 Å². The molecule has 28 heavy (non-hydrogen) atoms. The van der Waals surface area contributed by atoms with Crippen molar-refractivity contribution in [3.63, 3.8) is 0 Å². The summed E-state index contributed by atoms with van der Waals surface area (Å²) in [5.74, 6) is 0. The van der Waals surface area contributed by atoms with Gasteiger partial charge in [0.05, 0.1) is 21.2 Å². The largest absolute Gasteiger partial charge is 0.744 e. The molecule has 3 aromatic carbocycles. The van der Waals surface area contributed by atoms with Crippen molar-refractivity contribution in [1.29, 1.82) is 0 Å². The average Bonchev–Trinajstić information content (AvgIpc) is 2.58. The molecule has 0 atom stereocenters.